The highest BCUT2D eigenvalue weighted by Gasteiger charge is 2.16. The maximum atomic E-state index is 12.7. The van der Waals surface area contributed by atoms with Crippen molar-refractivity contribution in [2.24, 2.45) is 5.73 Å². The van der Waals surface area contributed by atoms with Crippen LogP contribution in [0.15, 0.2) is 60.7 Å². The van der Waals surface area contributed by atoms with Crippen LogP contribution >= 0.6 is 12.2 Å². The number of hydrogen-bond acceptors (Lipinski definition) is 4. The van der Waals surface area contributed by atoms with Crippen molar-refractivity contribution in [3.8, 4) is 5.75 Å². The highest BCUT2D eigenvalue weighted by molar-refractivity contribution is 7.80. The highest BCUT2D eigenvalue weighted by Crippen LogP contribution is 2.26. The molecule has 0 saturated heterocycles. The fraction of sp³-hybridized carbons (Fsp3) is 0.0500. The Labute approximate surface area is 161 Å². The first-order valence-electron chi connectivity index (χ1n) is 8.07. The number of anilines is 1. The minimum Gasteiger partial charge on any atom is -0.496 e. The number of para-hydroxylation sites is 1. The summed E-state index contributed by atoms with van der Waals surface area (Å²) in [6.07, 6.45) is 0. The lowest BCUT2D eigenvalue weighted by atomic mass is 10.1. The summed E-state index contributed by atoms with van der Waals surface area (Å²) in [5.74, 6) is -0.582. The fourth-order valence-electron chi connectivity index (χ4n) is 2.70. The molecule has 2 amide bonds. The van der Waals surface area contributed by atoms with Gasteiger partial charge in [0.25, 0.3) is 11.8 Å². The van der Waals surface area contributed by atoms with E-state index in [1.807, 2.05) is 24.3 Å². The van der Waals surface area contributed by atoms with Crippen molar-refractivity contribution < 1.29 is 14.3 Å². The number of carbonyl (C=O) groups is 2. The number of benzene rings is 3. The SMILES string of the molecule is COc1cc2ccccc2cc1C(=O)NC(=S)Nc1ccccc1C(N)=O. The van der Waals surface area contributed by atoms with Gasteiger partial charge >= 0.3 is 0 Å². The summed E-state index contributed by atoms with van der Waals surface area (Å²) in [6, 6.07) is 17.8. The molecule has 0 aliphatic carbocycles. The Morgan fingerprint density at radius 1 is 0.963 bits per heavy atom. The van der Waals surface area contributed by atoms with E-state index in [9.17, 15) is 9.59 Å². The van der Waals surface area contributed by atoms with Gasteiger partial charge in [-0.3, -0.25) is 14.9 Å². The molecule has 0 radical (unpaired) electrons. The molecule has 136 valence electrons. The van der Waals surface area contributed by atoms with Crippen LogP contribution in [0.1, 0.15) is 20.7 Å². The first kappa shape index (κ1) is 18.3. The zero-order chi connectivity index (χ0) is 19.4. The number of methoxy groups -OCH3 is 1. The smallest absolute Gasteiger partial charge is 0.261 e. The summed E-state index contributed by atoms with van der Waals surface area (Å²) >= 11 is 5.20. The van der Waals surface area contributed by atoms with Crippen molar-refractivity contribution >= 4 is 45.6 Å². The van der Waals surface area contributed by atoms with Crippen LogP contribution in [0.5, 0.6) is 5.75 Å². The molecule has 0 heterocycles. The van der Waals surface area contributed by atoms with Gasteiger partial charge in [0.1, 0.15) is 5.75 Å². The lowest BCUT2D eigenvalue weighted by Crippen LogP contribution is -2.35. The van der Waals surface area contributed by atoms with E-state index < -0.39 is 11.8 Å². The number of fused-ring (bicyclic) bond motifs is 1. The van der Waals surface area contributed by atoms with E-state index in [4.69, 9.17) is 22.7 Å². The van der Waals surface area contributed by atoms with Crippen LogP contribution in [0.25, 0.3) is 10.8 Å². The number of rotatable bonds is 4. The summed E-state index contributed by atoms with van der Waals surface area (Å²) in [4.78, 5) is 24.2. The van der Waals surface area contributed by atoms with Gasteiger partial charge in [-0.2, -0.15) is 0 Å². The maximum absolute atomic E-state index is 12.7. The van der Waals surface area contributed by atoms with E-state index in [1.165, 1.54) is 7.11 Å². The van der Waals surface area contributed by atoms with E-state index >= 15 is 0 Å². The topological polar surface area (TPSA) is 93.4 Å². The molecule has 0 bridgehead atoms. The number of amides is 2. The van der Waals surface area contributed by atoms with Crippen LogP contribution in [-0.2, 0) is 0 Å². The summed E-state index contributed by atoms with van der Waals surface area (Å²) in [6.45, 7) is 0. The van der Waals surface area contributed by atoms with Gasteiger partial charge in [0.05, 0.1) is 23.9 Å². The molecule has 0 aliphatic rings. The van der Waals surface area contributed by atoms with Gasteiger partial charge in [-0.1, -0.05) is 36.4 Å². The first-order valence-corrected chi connectivity index (χ1v) is 8.48. The van der Waals surface area contributed by atoms with Crippen LogP contribution in [0.4, 0.5) is 5.69 Å². The van der Waals surface area contributed by atoms with Gasteiger partial charge < -0.3 is 15.8 Å². The Bertz CT molecular complexity index is 1050. The van der Waals surface area contributed by atoms with Crippen LogP contribution < -0.4 is 21.1 Å². The van der Waals surface area contributed by atoms with Crippen molar-refractivity contribution in [3.63, 3.8) is 0 Å². The van der Waals surface area contributed by atoms with Gasteiger partial charge in [0, 0.05) is 0 Å². The number of carbonyl (C=O) groups excluding carboxylic acids is 2. The Morgan fingerprint density at radius 2 is 1.59 bits per heavy atom. The van der Waals surface area contributed by atoms with Crippen LogP contribution in [0.2, 0.25) is 0 Å². The number of nitrogens with one attached hydrogen (secondary N) is 2. The quantitative estimate of drug-likeness (QED) is 0.606. The minimum atomic E-state index is -0.594. The average Bonchev–Trinajstić information content (AvgIpc) is 2.67. The van der Waals surface area contributed by atoms with E-state index in [0.29, 0.717) is 17.0 Å². The molecule has 0 aliphatic heterocycles. The molecular weight excluding hydrogens is 362 g/mol. The standard InChI is InChI=1S/C20H17N3O3S/c1-26-17-11-13-7-3-2-6-12(13)10-15(17)19(25)23-20(27)22-16-9-5-4-8-14(16)18(21)24/h2-11H,1H3,(H2,21,24)(H2,22,23,25,27). The van der Waals surface area contributed by atoms with Crippen molar-refractivity contribution in [2.75, 3.05) is 12.4 Å². The number of thiocarbonyl (C=S) groups is 1. The first-order chi connectivity index (χ1) is 13.0. The summed E-state index contributed by atoms with van der Waals surface area (Å²) in [5, 5.41) is 7.33. The predicted molar refractivity (Wildman–Crippen MR) is 109 cm³/mol. The van der Waals surface area contributed by atoms with Crippen LogP contribution in [-0.4, -0.2) is 24.0 Å². The molecule has 3 aromatic carbocycles. The van der Waals surface area contributed by atoms with Crippen LogP contribution in [0.3, 0.4) is 0 Å². The highest BCUT2D eigenvalue weighted by atomic mass is 32.1. The molecular formula is C20H17N3O3S. The molecule has 6 nitrogen and oxygen atoms in total. The van der Waals surface area contributed by atoms with E-state index in [0.717, 1.165) is 10.8 Å². The van der Waals surface area contributed by atoms with Gasteiger partial charge in [-0.15, -0.1) is 0 Å². The Kier molecular flexibility index (Phi) is 5.33. The van der Waals surface area contributed by atoms with Crippen molar-refractivity contribution in [3.05, 3.63) is 71.8 Å². The van der Waals surface area contributed by atoms with Gasteiger partial charge in [-0.05, 0) is 47.3 Å². The molecule has 0 saturated carbocycles. The monoisotopic (exact) mass is 379 g/mol. The average molecular weight is 379 g/mol. The third-order valence-corrected chi connectivity index (χ3v) is 4.18. The summed E-state index contributed by atoms with van der Waals surface area (Å²) in [7, 11) is 1.50. The molecule has 0 fully saturated rings. The third kappa shape index (κ3) is 4.04. The second-order valence-electron chi connectivity index (χ2n) is 5.72. The second kappa shape index (κ2) is 7.84. The lowest BCUT2D eigenvalue weighted by molar-refractivity contribution is 0.0973. The maximum Gasteiger partial charge on any atom is 0.261 e. The van der Waals surface area contributed by atoms with Gasteiger partial charge in [0.15, 0.2) is 5.11 Å². The zero-order valence-corrected chi connectivity index (χ0v) is 15.3. The number of ether oxygens (including phenoxy) is 1. The van der Waals surface area contributed by atoms with Crippen molar-refractivity contribution in [1.29, 1.82) is 0 Å². The third-order valence-electron chi connectivity index (χ3n) is 3.98. The fourth-order valence-corrected chi connectivity index (χ4v) is 2.90. The number of hydrogen-bond donors (Lipinski definition) is 3. The molecule has 0 atom stereocenters. The van der Waals surface area contributed by atoms with Crippen molar-refractivity contribution in [2.45, 2.75) is 0 Å². The minimum absolute atomic E-state index is 0.0453. The predicted octanol–water partition coefficient (Wildman–Crippen LogP) is 3.07. The number of nitrogens with two attached hydrogens (primary N) is 1. The molecule has 27 heavy (non-hydrogen) atoms. The van der Waals surface area contributed by atoms with Crippen LogP contribution in [0, 0.1) is 0 Å². The molecule has 4 N–H and O–H groups in total. The van der Waals surface area contributed by atoms with Gasteiger partial charge in [0.2, 0.25) is 0 Å². The zero-order valence-electron chi connectivity index (χ0n) is 14.5. The second-order valence-corrected chi connectivity index (χ2v) is 6.13. The molecule has 0 spiro atoms. The molecule has 3 rings (SSSR count). The van der Waals surface area contributed by atoms with Gasteiger partial charge in [-0.25, -0.2) is 0 Å². The number of primary amides is 1. The van der Waals surface area contributed by atoms with E-state index in [2.05, 4.69) is 10.6 Å². The summed E-state index contributed by atoms with van der Waals surface area (Å²) in [5.41, 5.74) is 6.39. The van der Waals surface area contributed by atoms with Crippen molar-refractivity contribution in [1.82, 2.24) is 5.32 Å². The van der Waals surface area contributed by atoms with E-state index in [1.54, 1.807) is 36.4 Å². The Balaban J connectivity index is 1.82. The Morgan fingerprint density at radius 3 is 2.26 bits per heavy atom. The Hall–Kier alpha value is -3.45. The molecule has 0 aromatic heterocycles. The normalized spacial score (nSPS) is 10.3. The molecule has 7 heteroatoms. The largest absolute Gasteiger partial charge is 0.496 e. The summed E-state index contributed by atoms with van der Waals surface area (Å²) < 4.78 is 5.34. The van der Waals surface area contributed by atoms with E-state index in [-0.39, 0.29) is 10.7 Å². The molecule has 0 unspecified atom stereocenters. The lowest BCUT2D eigenvalue weighted by Gasteiger charge is -2.14. The molecule has 3 aromatic rings.